The molecule has 0 nitrogen and oxygen atoms in total. The Bertz CT molecular complexity index is 187. The molecular weight excluding hydrogens is 537 g/mol. The Hall–Kier alpha value is 4.55. The summed E-state index contributed by atoms with van der Waals surface area (Å²) in [6.45, 7) is 0. The summed E-state index contributed by atoms with van der Waals surface area (Å²) < 4.78 is 1.61. The Labute approximate surface area is 206 Å². The van der Waals surface area contributed by atoms with Gasteiger partial charge in [0.25, 0.3) is 0 Å². The summed E-state index contributed by atoms with van der Waals surface area (Å²) in [7, 11) is 0. The summed E-state index contributed by atoms with van der Waals surface area (Å²) in [5.41, 5.74) is 0. The van der Waals surface area contributed by atoms with Crippen molar-refractivity contribution in [3.8, 4) is 0 Å². The van der Waals surface area contributed by atoms with Crippen LogP contribution in [-0.4, -0.2) is 50.0 Å². The fourth-order valence-corrected chi connectivity index (χ4v) is 12.5. The van der Waals surface area contributed by atoms with Gasteiger partial charge >= 0.3 is 0 Å². The highest BCUT2D eigenvalue weighted by Gasteiger charge is 2.21. The van der Waals surface area contributed by atoms with Crippen molar-refractivity contribution in [2.24, 2.45) is 0 Å². The lowest BCUT2D eigenvalue weighted by Crippen LogP contribution is -2.13. The van der Waals surface area contributed by atoms with Crippen LogP contribution in [-0.2, 0) is 0 Å². The van der Waals surface area contributed by atoms with Crippen LogP contribution >= 0.6 is 159 Å². The Morgan fingerprint density at radius 3 is 0.870 bits per heavy atom. The van der Waals surface area contributed by atoms with Gasteiger partial charge in [0.1, 0.15) is 0 Å². The summed E-state index contributed by atoms with van der Waals surface area (Å²) in [6.07, 6.45) is 0. The fraction of sp³-hybridized carbons (Fsp3) is 1.00. The first-order chi connectivity index (χ1) is 11.1. The zero-order valence-electron chi connectivity index (χ0n) is 12.3. The third-order valence-corrected chi connectivity index (χ3v) is 12.9. The first kappa shape index (κ1) is 29.7. The van der Waals surface area contributed by atoms with Crippen molar-refractivity contribution in [3.05, 3.63) is 0 Å². The van der Waals surface area contributed by atoms with Crippen molar-refractivity contribution in [3.63, 3.8) is 0 Å². The maximum absolute atomic E-state index is 4.25. The molecule has 0 aliphatic heterocycles. The van der Waals surface area contributed by atoms with Crippen LogP contribution in [0.5, 0.6) is 0 Å². The molecule has 0 aromatic heterocycles. The number of rotatable bonds is 14. The Morgan fingerprint density at radius 2 is 0.696 bits per heavy atom. The van der Waals surface area contributed by atoms with E-state index in [1.54, 1.807) is 23.5 Å². The Balaban J connectivity index is 0. The van der Waals surface area contributed by atoms with Crippen molar-refractivity contribution in [2.45, 2.75) is 13.7 Å². The van der Waals surface area contributed by atoms with E-state index >= 15 is 0 Å². The summed E-state index contributed by atoms with van der Waals surface area (Å²) >= 11 is 40.4. The summed E-state index contributed by atoms with van der Waals surface area (Å²) in [5.74, 6) is 0.899. The first-order valence-corrected chi connectivity index (χ1v) is 16.8. The van der Waals surface area contributed by atoms with Crippen LogP contribution in [0.25, 0.3) is 0 Å². The lowest BCUT2D eigenvalue weighted by Gasteiger charge is -2.23. The maximum atomic E-state index is 4.25. The van der Waals surface area contributed by atoms with E-state index in [0.29, 0.717) is 13.7 Å². The minimum atomic E-state index is 0.527. The molecule has 0 aromatic rings. The fourth-order valence-electron chi connectivity index (χ4n) is 1.02. The van der Waals surface area contributed by atoms with Crippen LogP contribution in [0.3, 0.4) is 0 Å². The SMILES string of the molecule is SCSC(CS)SCS.SCSC(SCS)C(SCS)SCS. The number of thioether (sulfide) groups is 6. The van der Waals surface area contributed by atoms with Gasteiger partial charge in [0.05, 0.1) is 13.7 Å². The first-order valence-electron chi connectivity index (χ1n) is 6.10. The molecule has 23 heavy (non-hydrogen) atoms. The minimum absolute atomic E-state index is 0.527. The molecule has 0 radical (unpaired) electrons. The molecule has 0 fully saturated rings. The number of hydrogen-bond donors (Lipinski definition) is 7. The van der Waals surface area contributed by atoms with Gasteiger partial charge in [-0.05, 0) is 0 Å². The molecule has 0 aromatic carbocycles. The molecule has 0 spiro atoms. The number of thiol groups is 7. The van der Waals surface area contributed by atoms with Crippen LogP contribution in [0, 0.1) is 0 Å². The van der Waals surface area contributed by atoms with E-state index in [1.165, 1.54) is 0 Å². The molecule has 0 aliphatic rings. The average molecular weight is 561 g/mol. The lowest BCUT2D eigenvalue weighted by molar-refractivity contribution is 1.36. The molecule has 0 rings (SSSR count). The highest BCUT2D eigenvalue weighted by Crippen LogP contribution is 2.40. The predicted octanol–water partition coefficient (Wildman–Crippen LogP) is 6.60. The van der Waals surface area contributed by atoms with Crippen LogP contribution in [0.15, 0.2) is 0 Å². The van der Waals surface area contributed by atoms with Crippen LogP contribution < -0.4 is 0 Å². The third-order valence-electron chi connectivity index (χ3n) is 1.85. The molecule has 0 saturated heterocycles. The molecule has 0 heterocycles. The van der Waals surface area contributed by atoms with Gasteiger partial charge in [0.15, 0.2) is 0 Å². The quantitative estimate of drug-likeness (QED) is 0.0937. The standard InChI is InChI=1S/C6H14S8.C4H10S5/c7-1-11-5(12-2-8)6(13-3-9)14-4-10;5-1-4(8-2-6)9-3-7/h5-10H,1-4H2;4-7H,1-3H2. The molecule has 0 saturated carbocycles. The van der Waals surface area contributed by atoms with Crippen molar-refractivity contribution >= 4 is 159 Å². The van der Waals surface area contributed by atoms with E-state index in [2.05, 4.69) is 88.4 Å². The Morgan fingerprint density at radius 1 is 0.435 bits per heavy atom. The van der Waals surface area contributed by atoms with Crippen molar-refractivity contribution < 1.29 is 0 Å². The van der Waals surface area contributed by atoms with Gasteiger partial charge < -0.3 is 0 Å². The van der Waals surface area contributed by atoms with Crippen LogP contribution in [0.1, 0.15) is 0 Å². The van der Waals surface area contributed by atoms with Crippen LogP contribution in [0.2, 0.25) is 0 Å². The summed E-state index contributed by atoms with van der Waals surface area (Å²) in [4.78, 5) is 0. The highest BCUT2D eigenvalue weighted by molar-refractivity contribution is 8.29. The lowest BCUT2D eigenvalue weighted by atomic mass is 10.9. The third kappa shape index (κ3) is 19.6. The molecule has 0 amide bonds. The summed E-state index contributed by atoms with van der Waals surface area (Å²) in [5, 5.41) is 5.13. The van der Waals surface area contributed by atoms with Gasteiger partial charge in [-0.25, -0.2) is 0 Å². The highest BCUT2D eigenvalue weighted by atomic mass is 32.2. The van der Waals surface area contributed by atoms with E-state index in [1.807, 2.05) is 47.0 Å². The van der Waals surface area contributed by atoms with Gasteiger partial charge in [-0.15, -0.1) is 70.6 Å². The zero-order chi connectivity index (χ0) is 17.9. The van der Waals surface area contributed by atoms with Crippen molar-refractivity contribution in [1.29, 1.82) is 0 Å². The average Bonchev–Trinajstić information content (AvgIpc) is 2.55. The second kappa shape index (κ2) is 24.6. The molecule has 0 aliphatic carbocycles. The largest absolute Gasteiger partial charge is 0.177 e. The molecule has 0 atom stereocenters. The number of hydrogen-bond acceptors (Lipinski definition) is 13. The normalized spacial score (nSPS) is 11.2. The topological polar surface area (TPSA) is 0 Å². The molecule has 0 N–H and O–H groups in total. The van der Waals surface area contributed by atoms with Gasteiger partial charge in [0.2, 0.25) is 0 Å². The van der Waals surface area contributed by atoms with Crippen molar-refractivity contribution in [2.75, 3.05) is 36.3 Å². The molecular formula is C10H24S13. The monoisotopic (exact) mass is 560 g/mol. The smallest absolute Gasteiger partial charge is 0.0729 e. The van der Waals surface area contributed by atoms with E-state index in [9.17, 15) is 0 Å². The second-order valence-corrected chi connectivity index (χ2v) is 15.8. The van der Waals surface area contributed by atoms with Gasteiger partial charge in [0, 0.05) is 36.3 Å². The van der Waals surface area contributed by atoms with Gasteiger partial charge in [-0.2, -0.15) is 88.4 Å². The van der Waals surface area contributed by atoms with Gasteiger partial charge in [-0.1, -0.05) is 0 Å². The van der Waals surface area contributed by atoms with E-state index in [4.69, 9.17) is 0 Å². The van der Waals surface area contributed by atoms with Gasteiger partial charge in [-0.3, -0.25) is 0 Å². The van der Waals surface area contributed by atoms with E-state index < -0.39 is 0 Å². The van der Waals surface area contributed by atoms with Crippen LogP contribution in [0.4, 0.5) is 0 Å². The minimum Gasteiger partial charge on any atom is -0.177 e. The molecule has 0 bridgehead atoms. The maximum Gasteiger partial charge on any atom is 0.0729 e. The molecule has 142 valence electrons. The second-order valence-electron chi connectivity index (χ2n) is 3.12. The van der Waals surface area contributed by atoms with E-state index in [0.717, 1.165) is 36.3 Å². The van der Waals surface area contributed by atoms with E-state index in [-0.39, 0.29) is 0 Å². The summed E-state index contributed by atoms with van der Waals surface area (Å²) in [6, 6.07) is 0. The predicted molar refractivity (Wildman–Crippen MR) is 154 cm³/mol. The Kier molecular flexibility index (Phi) is 31.8. The molecule has 13 heteroatoms. The molecule has 0 unspecified atom stereocenters. The van der Waals surface area contributed by atoms with Crippen molar-refractivity contribution in [1.82, 2.24) is 0 Å². The zero-order valence-corrected chi connectivity index (χ0v) is 23.4.